The van der Waals surface area contributed by atoms with Crippen LogP contribution < -0.4 is 29.6 Å². The van der Waals surface area contributed by atoms with Crippen LogP contribution in [0.3, 0.4) is 0 Å². The second-order valence-electron chi connectivity index (χ2n) is 2.06. The first-order chi connectivity index (χ1) is 3.41. The summed E-state index contributed by atoms with van der Waals surface area (Å²) < 4.78 is 0. The van der Waals surface area contributed by atoms with Gasteiger partial charge in [0.25, 0.3) is 0 Å². The molecule has 2 heteroatoms. The van der Waals surface area contributed by atoms with Crippen LogP contribution in [-0.2, 0) is 0 Å². The molecule has 0 fully saturated rings. The molecule has 9 heavy (non-hydrogen) atoms. The summed E-state index contributed by atoms with van der Waals surface area (Å²) in [4.78, 5) is 0. The first-order valence-electron chi connectivity index (χ1n) is 3.41. The van der Waals surface area contributed by atoms with Gasteiger partial charge in [-0.3, -0.25) is 0 Å². The van der Waals surface area contributed by atoms with Crippen molar-refractivity contribution in [2.45, 2.75) is 46.0 Å². The molecular weight excluding hydrogens is 123 g/mol. The van der Waals surface area contributed by atoms with E-state index in [2.05, 4.69) is 13.8 Å². The Hall–Kier alpha value is 0.960. The Bertz CT molecular complexity index is 28.1. The summed E-state index contributed by atoms with van der Waals surface area (Å²) in [6.45, 7) is 4.49. The second-order valence-corrected chi connectivity index (χ2v) is 2.06. The number of rotatable bonds is 4. The summed E-state index contributed by atoms with van der Waals surface area (Å²) in [7, 11) is 0. The van der Waals surface area contributed by atoms with Crippen LogP contribution in [0.1, 0.15) is 46.0 Å². The van der Waals surface area contributed by atoms with Crippen LogP contribution in [0, 0.1) is 0 Å². The minimum atomic E-state index is 0. The molecule has 0 aliphatic carbocycles. The van der Waals surface area contributed by atoms with Crippen LogP contribution in [-0.4, -0.2) is 5.48 Å². The summed E-state index contributed by atoms with van der Waals surface area (Å²) in [5, 5.41) is 0. The zero-order chi connectivity index (χ0) is 5.54. The Morgan fingerprint density at radius 1 is 0.778 bits per heavy atom. The molecule has 0 atom stereocenters. The van der Waals surface area contributed by atoms with Gasteiger partial charge in [-0.2, -0.15) is 0 Å². The largest absolute Gasteiger partial charge is 1.00 e. The molecule has 0 bridgehead atoms. The van der Waals surface area contributed by atoms with Gasteiger partial charge in [0.2, 0.25) is 0 Å². The Balaban J connectivity index is -0.000000180. The van der Waals surface area contributed by atoms with Gasteiger partial charge in [-0.05, 0) is 0 Å². The third-order valence-electron chi connectivity index (χ3n) is 1.21. The van der Waals surface area contributed by atoms with Gasteiger partial charge < -0.3 is 5.48 Å². The fourth-order valence-corrected chi connectivity index (χ4v) is 0.677. The standard InChI is InChI=1S/C7H16.Na.H2O/c1-3-5-7-6-4-2;;/h3-7H2,1-2H3;;1H2/q;+1;/p-1. The van der Waals surface area contributed by atoms with E-state index in [1.807, 2.05) is 0 Å². The first-order valence-corrected chi connectivity index (χ1v) is 3.41. The van der Waals surface area contributed by atoms with Crippen molar-refractivity contribution >= 4 is 0 Å². The van der Waals surface area contributed by atoms with Gasteiger partial charge in [-0.25, -0.2) is 0 Å². The average molecular weight is 140 g/mol. The van der Waals surface area contributed by atoms with E-state index in [4.69, 9.17) is 0 Å². The van der Waals surface area contributed by atoms with Crippen LogP contribution in [0.15, 0.2) is 0 Å². The summed E-state index contributed by atoms with van der Waals surface area (Å²) in [5.74, 6) is 0. The molecule has 0 aliphatic rings. The van der Waals surface area contributed by atoms with E-state index < -0.39 is 0 Å². The second kappa shape index (κ2) is 16.0. The topological polar surface area (TPSA) is 30.0 Å². The molecule has 0 saturated heterocycles. The Morgan fingerprint density at radius 2 is 1.11 bits per heavy atom. The van der Waals surface area contributed by atoms with Gasteiger partial charge in [0, 0.05) is 0 Å². The van der Waals surface area contributed by atoms with Gasteiger partial charge in [-0.1, -0.05) is 46.0 Å². The predicted molar refractivity (Wildman–Crippen MR) is 36.4 cm³/mol. The quantitative estimate of drug-likeness (QED) is 0.393. The van der Waals surface area contributed by atoms with E-state index in [0.717, 1.165) is 0 Å². The minimum Gasteiger partial charge on any atom is -0.870 e. The molecule has 0 saturated carbocycles. The summed E-state index contributed by atoms with van der Waals surface area (Å²) in [5.41, 5.74) is 0. The third-order valence-corrected chi connectivity index (χ3v) is 1.21. The first kappa shape index (κ1) is 16.5. The van der Waals surface area contributed by atoms with Gasteiger partial charge in [0.15, 0.2) is 0 Å². The molecule has 0 radical (unpaired) electrons. The van der Waals surface area contributed by atoms with Crippen molar-refractivity contribution in [1.29, 1.82) is 0 Å². The maximum Gasteiger partial charge on any atom is 1.00 e. The van der Waals surface area contributed by atoms with E-state index in [9.17, 15) is 0 Å². The van der Waals surface area contributed by atoms with E-state index in [0.29, 0.717) is 0 Å². The van der Waals surface area contributed by atoms with E-state index in [1.165, 1.54) is 32.1 Å². The number of hydrogen-bond acceptors (Lipinski definition) is 1. The van der Waals surface area contributed by atoms with E-state index in [-0.39, 0.29) is 35.0 Å². The molecule has 0 amide bonds. The van der Waals surface area contributed by atoms with Crippen molar-refractivity contribution in [1.82, 2.24) is 0 Å². The van der Waals surface area contributed by atoms with Crippen molar-refractivity contribution in [2.24, 2.45) is 0 Å². The van der Waals surface area contributed by atoms with Crippen molar-refractivity contribution < 1.29 is 35.0 Å². The molecule has 1 nitrogen and oxygen atoms in total. The normalized spacial score (nSPS) is 7.33. The van der Waals surface area contributed by atoms with Crippen molar-refractivity contribution in [2.75, 3.05) is 0 Å². The van der Waals surface area contributed by atoms with Crippen molar-refractivity contribution in [3.63, 3.8) is 0 Å². The Morgan fingerprint density at radius 3 is 1.33 bits per heavy atom. The predicted octanol–water partition coefficient (Wildman–Crippen LogP) is -0.196. The van der Waals surface area contributed by atoms with E-state index in [1.54, 1.807) is 0 Å². The molecule has 0 aromatic rings. The zero-order valence-corrected chi connectivity index (χ0v) is 8.98. The summed E-state index contributed by atoms with van der Waals surface area (Å²) in [6, 6.07) is 0. The molecule has 0 aromatic heterocycles. The Labute approximate surface area is 80.8 Å². The number of hydrogen-bond donors (Lipinski definition) is 0. The molecule has 0 aromatic carbocycles. The maximum absolute atomic E-state index is 2.25. The Kier molecular flexibility index (Phi) is 29.3. The molecule has 1 N–H and O–H groups in total. The third kappa shape index (κ3) is 17.6. The fraction of sp³-hybridized carbons (Fsp3) is 1.00. The SMILES string of the molecule is CCCCCCC.[Na+].[OH-]. The van der Waals surface area contributed by atoms with Crippen LogP contribution >= 0.6 is 0 Å². The molecule has 0 unspecified atom stereocenters. The van der Waals surface area contributed by atoms with Gasteiger partial charge >= 0.3 is 29.6 Å². The van der Waals surface area contributed by atoms with Crippen LogP contribution in [0.5, 0.6) is 0 Å². The summed E-state index contributed by atoms with van der Waals surface area (Å²) in [6.07, 6.45) is 7.01. The van der Waals surface area contributed by atoms with Crippen LogP contribution in [0.2, 0.25) is 0 Å². The molecule has 0 heterocycles. The van der Waals surface area contributed by atoms with Gasteiger partial charge in [0.05, 0.1) is 0 Å². The average Bonchev–Trinajstić information content (AvgIpc) is 1.69. The summed E-state index contributed by atoms with van der Waals surface area (Å²) >= 11 is 0. The molecule has 0 rings (SSSR count). The molecule has 52 valence electrons. The molecule has 0 aliphatic heterocycles. The molecule has 0 spiro atoms. The van der Waals surface area contributed by atoms with Gasteiger partial charge in [-0.15, -0.1) is 0 Å². The van der Waals surface area contributed by atoms with Crippen LogP contribution in [0.25, 0.3) is 0 Å². The van der Waals surface area contributed by atoms with Crippen molar-refractivity contribution in [3.8, 4) is 0 Å². The fourth-order valence-electron chi connectivity index (χ4n) is 0.677. The molecular formula is C7H17NaO. The number of unbranched alkanes of at least 4 members (excludes halogenated alkanes) is 4. The van der Waals surface area contributed by atoms with Crippen molar-refractivity contribution in [3.05, 3.63) is 0 Å². The van der Waals surface area contributed by atoms with Crippen LogP contribution in [0.4, 0.5) is 0 Å². The van der Waals surface area contributed by atoms with E-state index >= 15 is 0 Å². The minimum absolute atomic E-state index is 0. The smallest absolute Gasteiger partial charge is 0.870 e. The zero-order valence-electron chi connectivity index (χ0n) is 6.98. The maximum atomic E-state index is 2.25. The van der Waals surface area contributed by atoms with Gasteiger partial charge in [0.1, 0.15) is 0 Å². The monoisotopic (exact) mass is 140 g/mol.